The molecule has 0 atom stereocenters. The maximum absolute atomic E-state index is 12.1. The van der Waals surface area contributed by atoms with E-state index < -0.39 is 12.8 Å². The maximum Gasteiger partial charge on any atom is 0.411 e. The third kappa shape index (κ3) is 8.03. The topological polar surface area (TPSA) is 56.8 Å². The number of benzene rings is 2. The van der Waals surface area contributed by atoms with Crippen LogP contribution in [-0.4, -0.2) is 32.9 Å². The van der Waals surface area contributed by atoms with E-state index in [0.29, 0.717) is 30.0 Å². The summed E-state index contributed by atoms with van der Waals surface area (Å²) in [5, 5.41) is 2.83. The quantitative estimate of drug-likeness (QED) is 0.641. The number of carbonyl (C=O) groups excluding carboxylic acids is 1. The average Bonchev–Trinajstić information content (AvgIpc) is 2.70. The van der Waals surface area contributed by atoms with Crippen molar-refractivity contribution in [3.63, 3.8) is 0 Å². The molecule has 0 saturated heterocycles. The zero-order valence-corrected chi connectivity index (χ0v) is 16.3. The minimum Gasteiger partial charge on any atom is -0.497 e. The second kappa shape index (κ2) is 10.7. The van der Waals surface area contributed by atoms with Crippen LogP contribution in [0.15, 0.2) is 42.5 Å². The Hall–Kier alpha value is -2.74. The Balaban J connectivity index is 1.78. The summed E-state index contributed by atoms with van der Waals surface area (Å²) >= 11 is 0. The first-order chi connectivity index (χ1) is 13.8. The van der Waals surface area contributed by atoms with E-state index in [1.165, 1.54) is 0 Å². The molecule has 0 unspecified atom stereocenters. The van der Waals surface area contributed by atoms with Crippen LogP contribution in [0.25, 0.3) is 0 Å². The zero-order valence-electron chi connectivity index (χ0n) is 16.3. The van der Waals surface area contributed by atoms with Crippen LogP contribution in [0, 0.1) is 0 Å². The van der Waals surface area contributed by atoms with Crippen molar-refractivity contribution in [3.8, 4) is 11.5 Å². The van der Waals surface area contributed by atoms with Gasteiger partial charge >= 0.3 is 6.18 Å². The highest BCUT2D eigenvalue weighted by atomic mass is 19.4. The molecule has 2 aromatic rings. The number of alkyl halides is 3. The fraction of sp³-hybridized carbons (Fsp3) is 0.381. The molecule has 158 valence electrons. The highest BCUT2D eigenvalue weighted by molar-refractivity contribution is 5.76. The first kappa shape index (κ1) is 22.5. The van der Waals surface area contributed by atoms with Crippen molar-refractivity contribution in [2.75, 3.05) is 20.8 Å². The van der Waals surface area contributed by atoms with Gasteiger partial charge in [-0.3, -0.25) is 4.79 Å². The fourth-order valence-corrected chi connectivity index (χ4v) is 2.65. The predicted octanol–water partition coefficient (Wildman–Crippen LogP) is 4.03. The number of halogens is 3. The average molecular weight is 411 g/mol. The Morgan fingerprint density at radius 3 is 2.31 bits per heavy atom. The summed E-state index contributed by atoms with van der Waals surface area (Å²) in [6, 6.07) is 12.3. The summed E-state index contributed by atoms with van der Waals surface area (Å²) in [5.41, 5.74) is 2.36. The molecule has 0 aromatic heterocycles. The minimum atomic E-state index is -4.33. The number of carbonyl (C=O) groups is 1. The molecule has 0 fully saturated rings. The highest BCUT2D eigenvalue weighted by Crippen LogP contribution is 2.25. The van der Waals surface area contributed by atoms with Gasteiger partial charge in [-0.25, -0.2) is 0 Å². The van der Waals surface area contributed by atoms with Crippen molar-refractivity contribution in [3.05, 3.63) is 59.2 Å². The lowest BCUT2D eigenvalue weighted by atomic mass is 10.1. The Morgan fingerprint density at radius 2 is 1.69 bits per heavy atom. The van der Waals surface area contributed by atoms with Crippen molar-refractivity contribution in [1.82, 2.24) is 5.32 Å². The van der Waals surface area contributed by atoms with E-state index in [2.05, 4.69) is 10.1 Å². The van der Waals surface area contributed by atoms with E-state index in [1.54, 1.807) is 50.6 Å². The van der Waals surface area contributed by atoms with Gasteiger partial charge < -0.3 is 19.5 Å². The van der Waals surface area contributed by atoms with Crippen LogP contribution in [-0.2, 0) is 29.1 Å². The smallest absolute Gasteiger partial charge is 0.411 e. The van der Waals surface area contributed by atoms with Gasteiger partial charge in [0.1, 0.15) is 18.1 Å². The number of amides is 1. The van der Waals surface area contributed by atoms with Crippen molar-refractivity contribution in [2.45, 2.75) is 32.2 Å². The van der Waals surface area contributed by atoms with Gasteiger partial charge in [0.05, 0.1) is 20.8 Å². The first-order valence-corrected chi connectivity index (χ1v) is 9.00. The summed E-state index contributed by atoms with van der Waals surface area (Å²) in [6.45, 7) is -1.06. The van der Waals surface area contributed by atoms with Gasteiger partial charge in [0.15, 0.2) is 0 Å². The molecule has 0 spiro atoms. The summed E-state index contributed by atoms with van der Waals surface area (Å²) in [4.78, 5) is 12.1. The SMILES string of the molecule is COc1ccc(OC)c(CCC(=O)NCc2ccc(COCC(F)(F)F)cc2)c1. The van der Waals surface area contributed by atoms with Gasteiger partial charge in [-0.2, -0.15) is 13.2 Å². The van der Waals surface area contributed by atoms with Gasteiger partial charge in [-0.15, -0.1) is 0 Å². The van der Waals surface area contributed by atoms with Crippen molar-refractivity contribution >= 4 is 5.91 Å². The third-order valence-electron chi connectivity index (χ3n) is 4.16. The van der Waals surface area contributed by atoms with E-state index in [4.69, 9.17) is 9.47 Å². The van der Waals surface area contributed by atoms with Crippen LogP contribution in [0.4, 0.5) is 13.2 Å². The molecule has 5 nitrogen and oxygen atoms in total. The summed E-state index contributed by atoms with van der Waals surface area (Å²) in [6.07, 6.45) is -3.55. The van der Waals surface area contributed by atoms with Crippen LogP contribution in [0.5, 0.6) is 11.5 Å². The Labute approximate surface area is 167 Å². The lowest BCUT2D eigenvalue weighted by molar-refractivity contribution is -0.176. The molecule has 29 heavy (non-hydrogen) atoms. The molecular weight excluding hydrogens is 387 g/mol. The molecule has 2 rings (SSSR count). The molecule has 0 aliphatic heterocycles. The monoisotopic (exact) mass is 411 g/mol. The standard InChI is InChI=1S/C21H24F3NO4/c1-27-18-8-9-19(28-2)17(11-18)7-10-20(26)25-12-15-3-5-16(6-4-15)13-29-14-21(22,23)24/h3-6,8-9,11H,7,10,12-14H2,1-2H3,(H,25,26). The molecule has 1 amide bonds. The predicted molar refractivity (Wildman–Crippen MR) is 102 cm³/mol. The molecule has 0 bridgehead atoms. The van der Waals surface area contributed by atoms with Crippen LogP contribution in [0.3, 0.4) is 0 Å². The number of hydrogen-bond donors (Lipinski definition) is 1. The van der Waals surface area contributed by atoms with Crippen molar-refractivity contribution < 1.29 is 32.2 Å². The van der Waals surface area contributed by atoms with E-state index in [-0.39, 0.29) is 18.9 Å². The molecule has 8 heteroatoms. The molecule has 2 aromatic carbocycles. The number of rotatable bonds is 10. The molecule has 0 aliphatic rings. The van der Waals surface area contributed by atoms with E-state index in [1.807, 2.05) is 6.07 Å². The largest absolute Gasteiger partial charge is 0.497 e. The van der Waals surface area contributed by atoms with E-state index in [0.717, 1.165) is 11.1 Å². The third-order valence-corrected chi connectivity index (χ3v) is 4.16. The van der Waals surface area contributed by atoms with Crippen molar-refractivity contribution in [1.29, 1.82) is 0 Å². The van der Waals surface area contributed by atoms with Gasteiger partial charge in [0.2, 0.25) is 5.91 Å². The summed E-state index contributed by atoms with van der Waals surface area (Å²) < 4.78 is 51.3. The number of ether oxygens (including phenoxy) is 3. The summed E-state index contributed by atoms with van der Waals surface area (Å²) in [7, 11) is 3.15. The lowest BCUT2D eigenvalue weighted by Crippen LogP contribution is -2.23. The fourth-order valence-electron chi connectivity index (χ4n) is 2.65. The number of hydrogen-bond acceptors (Lipinski definition) is 4. The normalized spacial score (nSPS) is 11.2. The zero-order chi connectivity index (χ0) is 21.3. The molecule has 1 N–H and O–H groups in total. The van der Waals surface area contributed by atoms with Crippen LogP contribution >= 0.6 is 0 Å². The van der Waals surface area contributed by atoms with Crippen LogP contribution in [0.1, 0.15) is 23.1 Å². The first-order valence-electron chi connectivity index (χ1n) is 9.00. The maximum atomic E-state index is 12.1. The number of aryl methyl sites for hydroxylation is 1. The van der Waals surface area contributed by atoms with Crippen LogP contribution < -0.4 is 14.8 Å². The van der Waals surface area contributed by atoms with E-state index in [9.17, 15) is 18.0 Å². The molecule has 0 aliphatic carbocycles. The number of nitrogens with one attached hydrogen (secondary N) is 1. The van der Waals surface area contributed by atoms with Crippen molar-refractivity contribution in [2.24, 2.45) is 0 Å². The van der Waals surface area contributed by atoms with Gasteiger partial charge in [0.25, 0.3) is 0 Å². The molecule has 0 saturated carbocycles. The molecular formula is C21H24F3NO4. The number of methoxy groups -OCH3 is 2. The lowest BCUT2D eigenvalue weighted by Gasteiger charge is -2.11. The second-order valence-corrected chi connectivity index (χ2v) is 6.38. The Bertz CT molecular complexity index is 792. The van der Waals surface area contributed by atoms with Crippen LogP contribution in [0.2, 0.25) is 0 Å². The highest BCUT2D eigenvalue weighted by Gasteiger charge is 2.27. The second-order valence-electron chi connectivity index (χ2n) is 6.38. The van der Waals surface area contributed by atoms with Gasteiger partial charge in [-0.05, 0) is 41.3 Å². The molecule has 0 radical (unpaired) electrons. The van der Waals surface area contributed by atoms with Gasteiger partial charge in [0, 0.05) is 13.0 Å². The van der Waals surface area contributed by atoms with Gasteiger partial charge in [-0.1, -0.05) is 24.3 Å². The van der Waals surface area contributed by atoms with E-state index >= 15 is 0 Å². The Kier molecular flexibility index (Phi) is 8.33. The Morgan fingerprint density at radius 1 is 1.00 bits per heavy atom. The summed E-state index contributed by atoms with van der Waals surface area (Å²) in [5.74, 6) is 1.27. The minimum absolute atomic E-state index is 0.117. The molecule has 0 heterocycles.